The highest BCUT2D eigenvalue weighted by molar-refractivity contribution is 5.95. The Morgan fingerprint density at radius 1 is 1.28 bits per heavy atom. The molecule has 1 aromatic carbocycles. The second-order valence-corrected chi connectivity index (χ2v) is 7.96. The van der Waals surface area contributed by atoms with E-state index in [1.165, 1.54) is 4.90 Å². The third kappa shape index (κ3) is 3.45. The zero-order valence-corrected chi connectivity index (χ0v) is 17.5. The van der Waals surface area contributed by atoms with Crippen LogP contribution in [-0.2, 0) is 6.42 Å². The summed E-state index contributed by atoms with van der Waals surface area (Å²) in [4.78, 5) is 16.8. The standard InChI is InChI=1S/C23H22N4O5/c1-31-18-5-4-15-20(28)19(12-17-14-3-2-8-24-22(14)26-25-17)32-21(15)16(18)11-13-6-9-27(10-7-13)23(29)30/h2-5,8,12-13,28H,6-7,9-11H2,1H3,(H,29,30). The minimum Gasteiger partial charge on any atom is -0.504 e. The summed E-state index contributed by atoms with van der Waals surface area (Å²) in [6, 6.07) is 7.27. The van der Waals surface area contributed by atoms with E-state index in [0.717, 1.165) is 24.0 Å². The van der Waals surface area contributed by atoms with Gasteiger partial charge in [0.15, 0.2) is 17.3 Å². The number of nitrogens with zero attached hydrogens (tertiary/aromatic N) is 4. The number of fused-ring (bicyclic) bond motifs is 2. The van der Waals surface area contributed by atoms with Crippen LogP contribution < -0.4 is 4.74 Å². The molecule has 2 aliphatic rings. The number of hydrogen-bond donors (Lipinski definition) is 2. The second-order valence-electron chi connectivity index (χ2n) is 7.96. The molecule has 0 radical (unpaired) electrons. The summed E-state index contributed by atoms with van der Waals surface area (Å²) >= 11 is 0. The number of piperidine rings is 1. The van der Waals surface area contributed by atoms with Gasteiger partial charge in [0.25, 0.3) is 0 Å². The number of carbonyl (C=O) groups is 1. The number of aromatic hydroxyl groups is 1. The minimum absolute atomic E-state index is 0.0321. The average molecular weight is 434 g/mol. The summed E-state index contributed by atoms with van der Waals surface area (Å²) in [5.41, 5.74) is 2.77. The van der Waals surface area contributed by atoms with Crippen molar-refractivity contribution in [2.45, 2.75) is 19.3 Å². The molecule has 0 saturated carbocycles. The topological polar surface area (TPSA) is 121 Å². The van der Waals surface area contributed by atoms with E-state index in [1.807, 2.05) is 12.1 Å². The molecule has 32 heavy (non-hydrogen) atoms. The van der Waals surface area contributed by atoms with Crippen molar-refractivity contribution in [2.75, 3.05) is 20.2 Å². The molecule has 2 aromatic heterocycles. The van der Waals surface area contributed by atoms with E-state index in [4.69, 9.17) is 9.15 Å². The normalized spacial score (nSPS) is 17.3. The number of carboxylic acid groups (broad SMARTS) is 1. The second kappa shape index (κ2) is 7.99. The average Bonchev–Trinajstić information content (AvgIpc) is 3.36. The first-order chi connectivity index (χ1) is 15.5. The molecule has 4 heterocycles. The zero-order chi connectivity index (χ0) is 22.2. The fourth-order valence-corrected chi connectivity index (χ4v) is 4.37. The Morgan fingerprint density at radius 2 is 2.09 bits per heavy atom. The molecule has 0 aliphatic carbocycles. The number of benzene rings is 1. The lowest BCUT2D eigenvalue weighted by atomic mass is 9.89. The number of furan rings is 1. The first kappa shape index (κ1) is 20.0. The molecular weight excluding hydrogens is 412 g/mol. The van der Waals surface area contributed by atoms with Crippen LogP contribution in [0.3, 0.4) is 0 Å². The minimum atomic E-state index is -0.877. The molecule has 1 fully saturated rings. The number of rotatable bonds is 4. The van der Waals surface area contributed by atoms with E-state index in [0.29, 0.717) is 59.4 Å². The van der Waals surface area contributed by atoms with Gasteiger partial charge in [0.2, 0.25) is 0 Å². The Morgan fingerprint density at radius 3 is 2.84 bits per heavy atom. The SMILES string of the molecule is COc1ccc2c(O)c(C=C3N=Nc4ncccc43)oc2c1CC1CCN(C(=O)O)CC1. The van der Waals surface area contributed by atoms with Gasteiger partial charge in [0.1, 0.15) is 17.0 Å². The molecular formula is C23H22N4O5. The number of azo groups is 1. The van der Waals surface area contributed by atoms with Crippen LogP contribution >= 0.6 is 0 Å². The quantitative estimate of drug-likeness (QED) is 0.591. The summed E-state index contributed by atoms with van der Waals surface area (Å²) in [6.45, 7) is 1.02. The molecule has 1 saturated heterocycles. The summed E-state index contributed by atoms with van der Waals surface area (Å²) in [5, 5.41) is 28.8. The van der Waals surface area contributed by atoms with Crippen molar-refractivity contribution in [3.05, 3.63) is 47.3 Å². The first-order valence-corrected chi connectivity index (χ1v) is 10.4. The van der Waals surface area contributed by atoms with E-state index < -0.39 is 6.09 Å². The molecule has 2 aliphatic heterocycles. The molecule has 1 amide bonds. The Labute approximate surface area is 183 Å². The molecule has 0 spiro atoms. The van der Waals surface area contributed by atoms with Gasteiger partial charge >= 0.3 is 6.09 Å². The molecule has 9 nitrogen and oxygen atoms in total. The van der Waals surface area contributed by atoms with Crippen molar-refractivity contribution in [1.29, 1.82) is 0 Å². The van der Waals surface area contributed by atoms with Crippen molar-refractivity contribution in [3.8, 4) is 11.5 Å². The number of amides is 1. The van der Waals surface area contributed by atoms with Crippen LogP contribution in [0.2, 0.25) is 0 Å². The van der Waals surface area contributed by atoms with Crippen LogP contribution in [0.5, 0.6) is 11.5 Å². The number of likely N-dealkylation sites (tertiary alicyclic amines) is 1. The van der Waals surface area contributed by atoms with Gasteiger partial charge < -0.3 is 24.3 Å². The number of hydrogen-bond acceptors (Lipinski definition) is 7. The lowest BCUT2D eigenvalue weighted by molar-refractivity contribution is 0.124. The molecule has 3 aromatic rings. The maximum atomic E-state index is 11.2. The van der Waals surface area contributed by atoms with Crippen LogP contribution in [-0.4, -0.2) is 46.4 Å². The monoisotopic (exact) mass is 434 g/mol. The van der Waals surface area contributed by atoms with Crippen molar-refractivity contribution >= 4 is 34.7 Å². The smallest absolute Gasteiger partial charge is 0.407 e. The highest BCUT2D eigenvalue weighted by Crippen LogP contribution is 2.42. The van der Waals surface area contributed by atoms with Crippen molar-refractivity contribution in [1.82, 2.24) is 9.88 Å². The van der Waals surface area contributed by atoms with Gasteiger partial charge in [-0.3, -0.25) is 0 Å². The van der Waals surface area contributed by atoms with Crippen LogP contribution in [0, 0.1) is 5.92 Å². The molecule has 0 unspecified atom stereocenters. The first-order valence-electron chi connectivity index (χ1n) is 10.4. The van der Waals surface area contributed by atoms with Crippen molar-refractivity contribution in [2.24, 2.45) is 16.1 Å². The molecule has 5 rings (SSSR count). The molecule has 2 N–H and O–H groups in total. The van der Waals surface area contributed by atoms with Gasteiger partial charge in [-0.15, -0.1) is 10.2 Å². The van der Waals surface area contributed by atoms with E-state index in [-0.39, 0.29) is 5.75 Å². The highest BCUT2D eigenvalue weighted by atomic mass is 16.5. The molecule has 0 bridgehead atoms. The number of aromatic nitrogens is 1. The van der Waals surface area contributed by atoms with Gasteiger partial charge in [0, 0.05) is 36.5 Å². The number of ether oxygens (including phenoxy) is 1. The third-order valence-corrected chi connectivity index (χ3v) is 6.10. The summed E-state index contributed by atoms with van der Waals surface area (Å²) in [7, 11) is 1.60. The summed E-state index contributed by atoms with van der Waals surface area (Å²) in [5.74, 6) is 1.83. The maximum absolute atomic E-state index is 11.2. The fourth-order valence-electron chi connectivity index (χ4n) is 4.37. The Balaban J connectivity index is 1.50. The van der Waals surface area contributed by atoms with Crippen LogP contribution in [0.25, 0.3) is 22.7 Å². The Hall–Kier alpha value is -3.88. The summed E-state index contributed by atoms with van der Waals surface area (Å²) < 4.78 is 11.7. The van der Waals surface area contributed by atoms with E-state index >= 15 is 0 Å². The van der Waals surface area contributed by atoms with E-state index in [1.54, 1.807) is 31.5 Å². The lowest BCUT2D eigenvalue weighted by Crippen LogP contribution is -2.37. The van der Waals surface area contributed by atoms with Crippen LogP contribution in [0.15, 0.2) is 45.1 Å². The van der Waals surface area contributed by atoms with E-state index in [2.05, 4.69) is 15.2 Å². The highest BCUT2D eigenvalue weighted by Gasteiger charge is 2.26. The third-order valence-electron chi connectivity index (χ3n) is 6.10. The van der Waals surface area contributed by atoms with Gasteiger partial charge in [-0.2, -0.15) is 0 Å². The van der Waals surface area contributed by atoms with Gasteiger partial charge in [-0.05, 0) is 49.4 Å². The molecule has 0 atom stereocenters. The predicted molar refractivity (Wildman–Crippen MR) is 117 cm³/mol. The van der Waals surface area contributed by atoms with Gasteiger partial charge in [-0.25, -0.2) is 9.78 Å². The fraction of sp³-hybridized carbons (Fsp3) is 0.304. The predicted octanol–water partition coefficient (Wildman–Crippen LogP) is 5.07. The maximum Gasteiger partial charge on any atom is 0.407 e. The van der Waals surface area contributed by atoms with Gasteiger partial charge in [0.05, 0.1) is 12.5 Å². The Kier molecular flexibility index (Phi) is 5.01. The number of methoxy groups -OCH3 is 1. The van der Waals surface area contributed by atoms with Gasteiger partial charge in [-0.1, -0.05) is 0 Å². The van der Waals surface area contributed by atoms with Crippen molar-refractivity contribution in [3.63, 3.8) is 0 Å². The largest absolute Gasteiger partial charge is 0.504 e. The summed E-state index contributed by atoms with van der Waals surface area (Å²) in [6.07, 6.45) is 4.63. The van der Waals surface area contributed by atoms with Crippen molar-refractivity contribution < 1.29 is 24.2 Å². The van der Waals surface area contributed by atoms with E-state index in [9.17, 15) is 15.0 Å². The van der Waals surface area contributed by atoms with Crippen LogP contribution in [0.1, 0.15) is 29.7 Å². The Bertz CT molecular complexity index is 1250. The zero-order valence-electron chi connectivity index (χ0n) is 17.5. The van der Waals surface area contributed by atoms with Crippen LogP contribution in [0.4, 0.5) is 10.6 Å². The molecule has 164 valence electrons. The molecule has 9 heteroatoms. The lowest BCUT2D eigenvalue weighted by Gasteiger charge is -2.30. The number of pyridine rings is 1.